The first kappa shape index (κ1) is 14.7. The first-order chi connectivity index (χ1) is 10.1. The Labute approximate surface area is 131 Å². The molecule has 1 saturated heterocycles. The molecule has 0 amide bonds. The Morgan fingerprint density at radius 2 is 1.90 bits per heavy atom. The number of nitrogens with one attached hydrogen (secondary N) is 1. The maximum Gasteiger partial charge on any atom is 0.127 e. The van der Waals surface area contributed by atoms with Gasteiger partial charge in [0.25, 0.3) is 0 Å². The maximum atomic E-state index is 14.3. The molecule has 0 aromatic heterocycles. The van der Waals surface area contributed by atoms with Crippen LogP contribution in [-0.2, 0) is 0 Å². The highest BCUT2D eigenvalue weighted by molar-refractivity contribution is 9.10. The summed E-state index contributed by atoms with van der Waals surface area (Å²) in [4.78, 5) is 0. The van der Waals surface area contributed by atoms with E-state index in [1.807, 2.05) is 18.2 Å². The summed E-state index contributed by atoms with van der Waals surface area (Å²) < 4.78 is 28.5. The second kappa shape index (κ2) is 6.24. The van der Waals surface area contributed by atoms with Crippen molar-refractivity contribution in [1.82, 2.24) is 5.32 Å². The summed E-state index contributed by atoms with van der Waals surface area (Å²) in [6.45, 7) is 1.59. The topological polar surface area (TPSA) is 12.0 Å². The Kier molecular flexibility index (Phi) is 4.36. The van der Waals surface area contributed by atoms with Crippen molar-refractivity contribution in [2.24, 2.45) is 0 Å². The lowest BCUT2D eigenvalue weighted by Gasteiger charge is -2.33. The smallest absolute Gasteiger partial charge is 0.127 e. The summed E-state index contributed by atoms with van der Waals surface area (Å²) in [6.07, 6.45) is 0.847. The van der Waals surface area contributed by atoms with E-state index in [0.717, 1.165) is 29.5 Å². The molecule has 1 aliphatic heterocycles. The van der Waals surface area contributed by atoms with Crippen molar-refractivity contribution >= 4 is 15.9 Å². The summed E-state index contributed by atoms with van der Waals surface area (Å²) in [5.74, 6) is -0.281. The second-order valence-electron chi connectivity index (χ2n) is 5.43. The van der Waals surface area contributed by atoms with Crippen LogP contribution in [0.25, 0.3) is 0 Å². The minimum atomic E-state index is -0.242. The van der Waals surface area contributed by atoms with Crippen LogP contribution in [0.15, 0.2) is 46.9 Å². The van der Waals surface area contributed by atoms with Crippen molar-refractivity contribution in [1.29, 1.82) is 0 Å². The van der Waals surface area contributed by atoms with Crippen molar-refractivity contribution in [3.8, 4) is 0 Å². The van der Waals surface area contributed by atoms with Crippen LogP contribution in [0.5, 0.6) is 0 Å². The van der Waals surface area contributed by atoms with Crippen molar-refractivity contribution in [2.45, 2.75) is 18.3 Å². The van der Waals surface area contributed by atoms with Crippen LogP contribution >= 0.6 is 15.9 Å². The molecule has 0 bridgehead atoms. The van der Waals surface area contributed by atoms with Gasteiger partial charge in [-0.2, -0.15) is 0 Å². The molecule has 21 heavy (non-hydrogen) atoms. The van der Waals surface area contributed by atoms with E-state index in [9.17, 15) is 8.78 Å². The molecular weight excluding hydrogens is 336 g/mol. The van der Waals surface area contributed by atoms with E-state index in [1.165, 1.54) is 12.1 Å². The number of benzene rings is 2. The second-order valence-corrected chi connectivity index (χ2v) is 6.34. The molecule has 1 N–H and O–H groups in total. The molecule has 2 aromatic carbocycles. The summed E-state index contributed by atoms with van der Waals surface area (Å²) in [5, 5.41) is 3.33. The van der Waals surface area contributed by atoms with Crippen molar-refractivity contribution in [3.05, 3.63) is 69.7 Å². The zero-order chi connectivity index (χ0) is 14.8. The van der Waals surface area contributed by atoms with Gasteiger partial charge in [-0.25, -0.2) is 8.78 Å². The number of halogens is 3. The Morgan fingerprint density at radius 1 is 1.05 bits per heavy atom. The monoisotopic (exact) mass is 351 g/mol. The lowest BCUT2D eigenvalue weighted by atomic mass is 9.77. The molecule has 1 nitrogen and oxygen atoms in total. The molecule has 0 saturated carbocycles. The molecular formula is C17H16BrF2N. The normalized spacial score (nSPS) is 22.2. The Morgan fingerprint density at radius 3 is 2.67 bits per heavy atom. The van der Waals surface area contributed by atoms with E-state index >= 15 is 0 Å². The van der Waals surface area contributed by atoms with E-state index < -0.39 is 0 Å². The molecule has 0 spiro atoms. The number of rotatable bonds is 2. The summed E-state index contributed by atoms with van der Waals surface area (Å²) in [5.41, 5.74) is 1.64. The van der Waals surface area contributed by atoms with Gasteiger partial charge < -0.3 is 5.32 Å². The van der Waals surface area contributed by atoms with Gasteiger partial charge in [0.2, 0.25) is 0 Å². The lowest BCUT2D eigenvalue weighted by molar-refractivity contribution is 0.392. The van der Waals surface area contributed by atoms with Crippen LogP contribution in [0.1, 0.15) is 29.4 Å². The first-order valence-electron chi connectivity index (χ1n) is 7.06. The van der Waals surface area contributed by atoms with Gasteiger partial charge in [-0.15, -0.1) is 0 Å². The predicted octanol–water partition coefficient (Wildman–Crippen LogP) is 4.59. The number of hydrogen-bond acceptors (Lipinski definition) is 1. The SMILES string of the molecule is Fc1cccc(C2CNCCC2c2ccc(Br)cc2F)c1. The fourth-order valence-electron chi connectivity index (χ4n) is 3.12. The third-order valence-electron chi connectivity index (χ3n) is 4.12. The molecule has 1 aliphatic rings. The third-order valence-corrected chi connectivity index (χ3v) is 4.61. The summed E-state index contributed by atoms with van der Waals surface area (Å²) in [6, 6.07) is 11.8. The minimum absolute atomic E-state index is 0.0705. The highest BCUT2D eigenvalue weighted by Gasteiger charge is 2.29. The zero-order valence-electron chi connectivity index (χ0n) is 11.5. The van der Waals surface area contributed by atoms with Crippen LogP contribution in [-0.4, -0.2) is 13.1 Å². The average Bonchev–Trinajstić information content (AvgIpc) is 2.47. The average molecular weight is 352 g/mol. The van der Waals surface area contributed by atoms with Gasteiger partial charge in [0.15, 0.2) is 0 Å². The van der Waals surface area contributed by atoms with E-state index in [0.29, 0.717) is 5.56 Å². The highest BCUT2D eigenvalue weighted by Crippen LogP contribution is 2.39. The van der Waals surface area contributed by atoms with Gasteiger partial charge >= 0.3 is 0 Å². The van der Waals surface area contributed by atoms with E-state index in [2.05, 4.69) is 21.2 Å². The van der Waals surface area contributed by atoms with Crippen molar-refractivity contribution < 1.29 is 8.78 Å². The molecule has 1 fully saturated rings. The zero-order valence-corrected chi connectivity index (χ0v) is 13.0. The minimum Gasteiger partial charge on any atom is -0.316 e. The van der Waals surface area contributed by atoms with Crippen LogP contribution in [0.4, 0.5) is 8.78 Å². The van der Waals surface area contributed by atoms with Crippen molar-refractivity contribution in [2.75, 3.05) is 13.1 Å². The summed E-state index contributed by atoms with van der Waals surface area (Å²) in [7, 11) is 0. The van der Waals surface area contributed by atoms with Crippen LogP contribution in [0.3, 0.4) is 0 Å². The Bertz CT molecular complexity index is 644. The van der Waals surface area contributed by atoms with E-state index in [4.69, 9.17) is 0 Å². The number of hydrogen-bond donors (Lipinski definition) is 1. The molecule has 4 heteroatoms. The van der Waals surface area contributed by atoms with Crippen LogP contribution in [0.2, 0.25) is 0 Å². The van der Waals surface area contributed by atoms with Crippen LogP contribution in [0, 0.1) is 11.6 Å². The van der Waals surface area contributed by atoms with Crippen molar-refractivity contribution in [3.63, 3.8) is 0 Å². The van der Waals surface area contributed by atoms with Gasteiger partial charge in [-0.3, -0.25) is 0 Å². The van der Waals surface area contributed by atoms with Gasteiger partial charge in [-0.1, -0.05) is 34.1 Å². The first-order valence-corrected chi connectivity index (χ1v) is 7.85. The fraction of sp³-hybridized carbons (Fsp3) is 0.294. The molecule has 3 rings (SSSR count). The van der Waals surface area contributed by atoms with E-state index in [1.54, 1.807) is 12.1 Å². The molecule has 1 heterocycles. The molecule has 2 atom stereocenters. The van der Waals surface area contributed by atoms with Crippen LogP contribution < -0.4 is 5.32 Å². The summed E-state index contributed by atoms with van der Waals surface area (Å²) >= 11 is 3.29. The fourth-order valence-corrected chi connectivity index (χ4v) is 3.45. The lowest BCUT2D eigenvalue weighted by Crippen LogP contribution is -2.34. The van der Waals surface area contributed by atoms with E-state index in [-0.39, 0.29) is 23.5 Å². The maximum absolute atomic E-state index is 14.3. The number of piperidine rings is 1. The van der Waals surface area contributed by atoms with Gasteiger partial charge in [0.05, 0.1) is 0 Å². The Balaban J connectivity index is 1.98. The molecule has 110 valence electrons. The quantitative estimate of drug-likeness (QED) is 0.834. The van der Waals surface area contributed by atoms with Gasteiger partial charge in [0, 0.05) is 16.9 Å². The molecule has 2 unspecified atom stereocenters. The van der Waals surface area contributed by atoms with Gasteiger partial charge in [-0.05, 0) is 54.3 Å². The standard InChI is InChI=1S/C17H16BrF2N/c18-12-4-5-15(17(20)9-12)14-6-7-21-10-16(14)11-2-1-3-13(19)8-11/h1-5,8-9,14,16,21H,6-7,10H2. The molecule has 0 radical (unpaired) electrons. The largest absolute Gasteiger partial charge is 0.316 e. The third kappa shape index (κ3) is 3.16. The molecule has 0 aliphatic carbocycles. The highest BCUT2D eigenvalue weighted by atomic mass is 79.9. The Hall–Kier alpha value is -1.26. The molecule has 2 aromatic rings. The predicted molar refractivity (Wildman–Crippen MR) is 83.5 cm³/mol. The van der Waals surface area contributed by atoms with Gasteiger partial charge in [0.1, 0.15) is 11.6 Å².